The van der Waals surface area contributed by atoms with Gasteiger partial charge in [-0.3, -0.25) is 9.59 Å². The molecule has 2 rings (SSSR count). The van der Waals surface area contributed by atoms with Gasteiger partial charge in [-0.25, -0.2) is 0 Å². The van der Waals surface area contributed by atoms with E-state index in [0.717, 1.165) is 12.3 Å². The number of hydrogen-bond donors (Lipinski definition) is 2. The number of carbonyl (C=O) groups is 2. The summed E-state index contributed by atoms with van der Waals surface area (Å²) in [6, 6.07) is 3.28. The molecule has 1 saturated carbocycles. The number of hydrogen-bond acceptors (Lipinski definition) is 3. The van der Waals surface area contributed by atoms with E-state index in [1.807, 2.05) is 0 Å². The molecule has 1 aromatic rings. The van der Waals surface area contributed by atoms with Crippen molar-refractivity contribution in [1.29, 1.82) is 0 Å². The van der Waals surface area contributed by atoms with Crippen LogP contribution in [0.15, 0.2) is 22.8 Å². The first-order valence-electron chi connectivity index (χ1n) is 8.34. The fraction of sp³-hybridized carbons (Fsp3) is 0.647. The van der Waals surface area contributed by atoms with Gasteiger partial charge >= 0.3 is 0 Å². The van der Waals surface area contributed by atoms with E-state index in [1.165, 1.54) is 44.8 Å². The minimum atomic E-state index is -0.253. The third kappa shape index (κ3) is 5.92. The molecule has 2 amide bonds. The standard InChI is InChI=1S/C17H26N2O3/c20-16(10-4-8-14-6-2-1-3-7-14)18-11-12-19-17(21)15-9-5-13-22-15/h5,9,13-14H,1-4,6-8,10-12H2,(H,18,20)(H,19,21). The molecule has 5 nitrogen and oxygen atoms in total. The second-order valence-electron chi connectivity index (χ2n) is 5.98. The van der Waals surface area contributed by atoms with Crippen molar-refractivity contribution in [2.75, 3.05) is 13.1 Å². The Morgan fingerprint density at radius 2 is 1.91 bits per heavy atom. The zero-order valence-corrected chi connectivity index (χ0v) is 13.1. The van der Waals surface area contributed by atoms with E-state index in [-0.39, 0.29) is 11.8 Å². The average Bonchev–Trinajstić information content (AvgIpc) is 3.07. The Bertz CT molecular complexity index is 450. The van der Waals surface area contributed by atoms with Gasteiger partial charge in [0.1, 0.15) is 0 Å². The lowest BCUT2D eigenvalue weighted by Gasteiger charge is -2.21. The van der Waals surface area contributed by atoms with Crippen molar-refractivity contribution in [1.82, 2.24) is 10.6 Å². The molecule has 1 fully saturated rings. The van der Waals surface area contributed by atoms with Crippen LogP contribution >= 0.6 is 0 Å². The first kappa shape index (κ1) is 16.6. The Balaban J connectivity index is 1.48. The number of carbonyl (C=O) groups excluding carboxylic acids is 2. The smallest absolute Gasteiger partial charge is 0.287 e. The molecule has 2 N–H and O–H groups in total. The third-order valence-electron chi connectivity index (χ3n) is 4.22. The van der Waals surface area contributed by atoms with E-state index >= 15 is 0 Å². The van der Waals surface area contributed by atoms with Crippen molar-refractivity contribution in [2.45, 2.75) is 51.4 Å². The van der Waals surface area contributed by atoms with Crippen molar-refractivity contribution in [3.63, 3.8) is 0 Å². The van der Waals surface area contributed by atoms with Crippen LogP contribution in [0.5, 0.6) is 0 Å². The van der Waals surface area contributed by atoms with E-state index in [0.29, 0.717) is 25.3 Å². The Kier molecular flexibility index (Phi) is 7.00. The highest BCUT2D eigenvalue weighted by Gasteiger charge is 2.13. The second-order valence-corrected chi connectivity index (χ2v) is 5.98. The predicted octanol–water partition coefficient (Wildman–Crippen LogP) is 2.88. The maximum absolute atomic E-state index is 11.7. The summed E-state index contributed by atoms with van der Waals surface area (Å²) in [5, 5.41) is 5.54. The maximum Gasteiger partial charge on any atom is 0.287 e. The average molecular weight is 306 g/mol. The van der Waals surface area contributed by atoms with Gasteiger partial charge < -0.3 is 15.1 Å². The molecule has 0 saturated heterocycles. The van der Waals surface area contributed by atoms with Crippen molar-refractivity contribution >= 4 is 11.8 Å². The molecule has 0 bridgehead atoms. The zero-order chi connectivity index (χ0) is 15.6. The minimum Gasteiger partial charge on any atom is -0.459 e. The Hall–Kier alpha value is -1.78. The normalized spacial score (nSPS) is 15.5. The lowest BCUT2D eigenvalue weighted by molar-refractivity contribution is -0.121. The second kappa shape index (κ2) is 9.28. The van der Waals surface area contributed by atoms with Crippen LogP contribution in [0.4, 0.5) is 0 Å². The predicted molar refractivity (Wildman–Crippen MR) is 84.5 cm³/mol. The van der Waals surface area contributed by atoms with Crippen LogP contribution in [0.3, 0.4) is 0 Å². The van der Waals surface area contributed by atoms with Crippen LogP contribution in [-0.2, 0) is 4.79 Å². The molecule has 0 spiro atoms. The summed E-state index contributed by atoms with van der Waals surface area (Å²) in [6.07, 6.45) is 10.9. The molecule has 5 heteroatoms. The van der Waals surface area contributed by atoms with E-state index < -0.39 is 0 Å². The van der Waals surface area contributed by atoms with Gasteiger partial charge in [0, 0.05) is 19.5 Å². The molecule has 0 radical (unpaired) electrons. The Morgan fingerprint density at radius 3 is 2.64 bits per heavy atom. The summed E-state index contributed by atoms with van der Waals surface area (Å²) in [5.41, 5.74) is 0. The maximum atomic E-state index is 11.7. The van der Waals surface area contributed by atoms with E-state index in [2.05, 4.69) is 10.6 Å². The zero-order valence-electron chi connectivity index (χ0n) is 13.1. The lowest BCUT2D eigenvalue weighted by atomic mass is 9.86. The van der Waals surface area contributed by atoms with Crippen molar-refractivity contribution in [3.8, 4) is 0 Å². The van der Waals surface area contributed by atoms with Gasteiger partial charge in [0.25, 0.3) is 5.91 Å². The van der Waals surface area contributed by atoms with Gasteiger partial charge in [-0.1, -0.05) is 32.1 Å². The molecule has 1 heterocycles. The van der Waals surface area contributed by atoms with Gasteiger partial charge in [0.15, 0.2) is 5.76 Å². The van der Waals surface area contributed by atoms with Gasteiger partial charge in [0.2, 0.25) is 5.91 Å². The molecule has 22 heavy (non-hydrogen) atoms. The van der Waals surface area contributed by atoms with Gasteiger partial charge in [-0.2, -0.15) is 0 Å². The molecule has 0 aliphatic heterocycles. The van der Waals surface area contributed by atoms with Crippen molar-refractivity contribution in [3.05, 3.63) is 24.2 Å². The Labute approximate surface area is 131 Å². The summed E-state index contributed by atoms with van der Waals surface area (Å²) < 4.78 is 4.98. The van der Waals surface area contributed by atoms with Gasteiger partial charge in [0.05, 0.1) is 6.26 Å². The quantitative estimate of drug-likeness (QED) is 0.725. The molecule has 1 aliphatic carbocycles. The highest BCUT2D eigenvalue weighted by Crippen LogP contribution is 2.27. The first-order chi connectivity index (χ1) is 10.8. The van der Waals surface area contributed by atoms with Crippen LogP contribution < -0.4 is 10.6 Å². The number of rotatable bonds is 8. The summed E-state index contributed by atoms with van der Waals surface area (Å²) in [5.74, 6) is 0.938. The number of nitrogens with one attached hydrogen (secondary N) is 2. The highest BCUT2D eigenvalue weighted by atomic mass is 16.3. The molecule has 0 unspecified atom stereocenters. The van der Waals surface area contributed by atoms with Gasteiger partial charge in [-0.05, 0) is 30.9 Å². The van der Waals surface area contributed by atoms with E-state index in [4.69, 9.17) is 4.42 Å². The number of amides is 2. The molecule has 0 aromatic carbocycles. The van der Waals surface area contributed by atoms with Crippen LogP contribution in [0.1, 0.15) is 61.9 Å². The lowest BCUT2D eigenvalue weighted by Crippen LogP contribution is -2.34. The molecular weight excluding hydrogens is 280 g/mol. The molecule has 1 aliphatic rings. The molecule has 1 aromatic heterocycles. The minimum absolute atomic E-state index is 0.0723. The van der Waals surface area contributed by atoms with Crippen molar-refractivity contribution < 1.29 is 14.0 Å². The SMILES string of the molecule is O=C(CCCC1CCCCC1)NCCNC(=O)c1ccco1. The summed E-state index contributed by atoms with van der Waals surface area (Å²) >= 11 is 0. The summed E-state index contributed by atoms with van der Waals surface area (Å²) in [4.78, 5) is 23.3. The summed E-state index contributed by atoms with van der Waals surface area (Å²) in [6.45, 7) is 0.864. The fourth-order valence-electron chi connectivity index (χ4n) is 2.99. The topological polar surface area (TPSA) is 71.3 Å². The number of furan rings is 1. The van der Waals surface area contributed by atoms with Gasteiger partial charge in [-0.15, -0.1) is 0 Å². The third-order valence-corrected chi connectivity index (χ3v) is 4.22. The Morgan fingerprint density at radius 1 is 1.14 bits per heavy atom. The summed E-state index contributed by atoms with van der Waals surface area (Å²) in [7, 11) is 0. The molecule has 122 valence electrons. The highest BCUT2D eigenvalue weighted by molar-refractivity contribution is 5.91. The molecular formula is C17H26N2O3. The van der Waals surface area contributed by atoms with Crippen LogP contribution in [0.25, 0.3) is 0 Å². The van der Waals surface area contributed by atoms with E-state index in [1.54, 1.807) is 12.1 Å². The van der Waals surface area contributed by atoms with E-state index in [9.17, 15) is 9.59 Å². The van der Waals surface area contributed by atoms with Crippen LogP contribution in [-0.4, -0.2) is 24.9 Å². The van der Waals surface area contributed by atoms with Crippen LogP contribution in [0, 0.1) is 5.92 Å². The molecule has 0 atom stereocenters. The van der Waals surface area contributed by atoms with Crippen LogP contribution in [0.2, 0.25) is 0 Å². The first-order valence-corrected chi connectivity index (χ1v) is 8.34. The fourth-order valence-corrected chi connectivity index (χ4v) is 2.99. The van der Waals surface area contributed by atoms with Crippen molar-refractivity contribution in [2.24, 2.45) is 5.92 Å². The largest absolute Gasteiger partial charge is 0.459 e. The monoisotopic (exact) mass is 306 g/mol.